The van der Waals surface area contributed by atoms with Crippen molar-refractivity contribution in [3.05, 3.63) is 48.5 Å². The van der Waals surface area contributed by atoms with Crippen molar-refractivity contribution >= 4 is 34.8 Å². The average molecular weight is 458 g/mol. The van der Waals surface area contributed by atoms with Gasteiger partial charge in [0.1, 0.15) is 11.1 Å². The maximum Gasteiger partial charge on any atom is 0.446 e. The van der Waals surface area contributed by atoms with E-state index in [2.05, 4.69) is 22.3 Å². The predicted octanol–water partition coefficient (Wildman–Crippen LogP) is 4.02. The Kier molecular flexibility index (Phi) is 5.60. The van der Waals surface area contributed by atoms with Crippen molar-refractivity contribution in [1.82, 2.24) is 14.6 Å². The number of alkyl halides is 3. The molecular weight excluding hydrogens is 441 g/mol. The van der Waals surface area contributed by atoms with Gasteiger partial charge in [0, 0.05) is 16.5 Å². The molecule has 1 fully saturated rings. The number of halogens is 4. The molecule has 3 N–H and O–H groups in total. The molecule has 2 heterocycles. The summed E-state index contributed by atoms with van der Waals surface area (Å²) in [7, 11) is 0. The first-order valence-corrected chi connectivity index (χ1v) is 10.2. The fraction of sp³-hybridized carbons (Fsp3) is 0.316. The molecule has 159 valence electrons. The number of rotatable bonds is 4. The molecule has 1 aromatic carbocycles. The summed E-state index contributed by atoms with van der Waals surface area (Å²) in [5.41, 5.74) is -3.06. The highest BCUT2D eigenvalue weighted by molar-refractivity contribution is 8.00. The number of nitrogens with one attached hydrogen (secondary N) is 1. The molecule has 2 aromatic heterocycles. The van der Waals surface area contributed by atoms with Crippen molar-refractivity contribution in [2.75, 3.05) is 5.32 Å². The summed E-state index contributed by atoms with van der Waals surface area (Å²) < 4.78 is 39.5. The fourth-order valence-corrected chi connectivity index (χ4v) is 4.26. The SMILES string of the molecule is [CH2][C@@H]1C[C@@H](Nc2c(Cl)cnc3cc(-c4cccc(SC(F)(F)F)c4)nn23)[C@H](O)[C@@H]1O. The molecule has 4 atom stereocenters. The molecule has 6 nitrogen and oxygen atoms in total. The van der Waals surface area contributed by atoms with Crippen LogP contribution in [0, 0.1) is 12.8 Å². The molecule has 0 amide bonds. The monoisotopic (exact) mass is 457 g/mol. The number of hydrogen-bond acceptors (Lipinski definition) is 6. The summed E-state index contributed by atoms with van der Waals surface area (Å²) in [5.74, 6) is 0.0229. The van der Waals surface area contributed by atoms with Crippen molar-refractivity contribution in [3.8, 4) is 11.3 Å². The van der Waals surface area contributed by atoms with Gasteiger partial charge < -0.3 is 15.5 Å². The molecule has 0 bridgehead atoms. The number of aliphatic hydroxyl groups is 2. The molecule has 0 unspecified atom stereocenters. The number of thioether (sulfide) groups is 1. The Morgan fingerprint density at radius 2 is 2.00 bits per heavy atom. The van der Waals surface area contributed by atoms with E-state index in [4.69, 9.17) is 11.6 Å². The van der Waals surface area contributed by atoms with Gasteiger partial charge in [0.05, 0.1) is 24.0 Å². The molecule has 30 heavy (non-hydrogen) atoms. The van der Waals surface area contributed by atoms with Crippen LogP contribution in [0.5, 0.6) is 0 Å². The summed E-state index contributed by atoms with van der Waals surface area (Å²) in [6, 6.07) is 7.09. The van der Waals surface area contributed by atoms with E-state index in [0.717, 1.165) is 0 Å². The topological polar surface area (TPSA) is 82.7 Å². The van der Waals surface area contributed by atoms with E-state index < -0.39 is 23.8 Å². The van der Waals surface area contributed by atoms with Crippen LogP contribution in [0.1, 0.15) is 6.42 Å². The molecule has 11 heteroatoms. The second-order valence-corrected chi connectivity index (χ2v) is 8.60. The normalized spacial score (nSPS) is 24.5. The van der Waals surface area contributed by atoms with E-state index in [1.807, 2.05) is 0 Å². The molecule has 1 aliphatic carbocycles. The van der Waals surface area contributed by atoms with Crippen LogP contribution in [0.2, 0.25) is 5.02 Å². The Balaban J connectivity index is 1.69. The van der Waals surface area contributed by atoms with Crippen molar-refractivity contribution in [2.24, 2.45) is 5.92 Å². The van der Waals surface area contributed by atoms with Gasteiger partial charge in [-0.05, 0) is 43.2 Å². The second-order valence-electron chi connectivity index (χ2n) is 7.06. The average Bonchev–Trinajstić information content (AvgIpc) is 3.20. The van der Waals surface area contributed by atoms with Gasteiger partial charge in [-0.15, -0.1) is 0 Å². The van der Waals surface area contributed by atoms with E-state index in [1.54, 1.807) is 12.1 Å². The third-order valence-corrected chi connectivity index (χ3v) is 5.92. The molecule has 4 rings (SSSR count). The zero-order valence-electron chi connectivity index (χ0n) is 15.3. The number of fused-ring (bicyclic) bond motifs is 1. The van der Waals surface area contributed by atoms with Crippen LogP contribution in [0.25, 0.3) is 16.9 Å². The molecule has 1 aliphatic rings. The summed E-state index contributed by atoms with van der Waals surface area (Å²) >= 11 is 6.08. The standard InChI is InChI=1S/C19H17ClF3N4O2S/c1-9-5-14(17(29)16(9)28)25-18-12(20)8-24-15-7-13(26-27(15)18)10-3-2-4-11(6-10)30-19(21,22)23/h2-4,6-9,14,16-17,25,28-29H,1,5H2/t9-,14-,16-,17+/m1/s1. The summed E-state index contributed by atoms with van der Waals surface area (Å²) in [5, 5.41) is 28.0. The fourth-order valence-electron chi connectivity index (χ4n) is 3.48. The van der Waals surface area contributed by atoms with Gasteiger partial charge in [-0.25, -0.2) is 4.98 Å². The summed E-state index contributed by atoms with van der Waals surface area (Å²) in [6.07, 6.45) is -0.147. The first-order valence-electron chi connectivity index (χ1n) is 8.98. The number of hydrogen-bond donors (Lipinski definition) is 3. The van der Waals surface area contributed by atoms with Gasteiger partial charge >= 0.3 is 5.51 Å². The highest BCUT2D eigenvalue weighted by Crippen LogP contribution is 2.38. The minimum absolute atomic E-state index is 0.0472. The summed E-state index contributed by atoms with van der Waals surface area (Å²) in [6.45, 7) is 3.82. The van der Waals surface area contributed by atoms with E-state index in [9.17, 15) is 23.4 Å². The third-order valence-electron chi connectivity index (χ3n) is 4.93. The van der Waals surface area contributed by atoms with Crippen LogP contribution in [-0.2, 0) is 0 Å². The smallest absolute Gasteiger partial charge is 0.390 e. The lowest BCUT2D eigenvalue weighted by atomic mass is 10.1. The predicted molar refractivity (Wildman–Crippen MR) is 108 cm³/mol. The number of aromatic nitrogens is 3. The van der Waals surface area contributed by atoms with E-state index in [-0.39, 0.29) is 27.6 Å². The van der Waals surface area contributed by atoms with Crippen molar-refractivity contribution < 1.29 is 23.4 Å². The molecule has 0 saturated heterocycles. The highest BCUT2D eigenvalue weighted by Gasteiger charge is 2.39. The third kappa shape index (κ3) is 4.22. The summed E-state index contributed by atoms with van der Waals surface area (Å²) in [4.78, 5) is 4.26. The number of anilines is 1. The van der Waals surface area contributed by atoms with Crippen LogP contribution in [0.3, 0.4) is 0 Å². The number of benzene rings is 1. The van der Waals surface area contributed by atoms with Crippen LogP contribution >= 0.6 is 23.4 Å². The lowest BCUT2D eigenvalue weighted by molar-refractivity contribution is -0.0328. The Hall–Kier alpha value is -2.01. The quantitative estimate of drug-likeness (QED) is 0.513. The lowest BCUT2D eigenvalue weighted by Gasteiger charge is -2.20. The molecule has 3 aromatic rings. The first kappa shape index (κ1) is 21.2. The Labute approximate surface area is 179 Å². The first-order chi connectivity index (χ1) is 14.1. The molecule has 1 saturated carbocycles. The molecule has 0 aliphatic heterocycles. The Morgan fingerprint density at radius 1 is 1.23 bits per heavy atom. The van der Waals surface area contributed by atoms with Crippen molar-refractivity contribution in [1.29, 1.82) is 0 Å². The number of nitrogens with zero attached hydrogens (tertiary/aromatic N) is 3. The van der Waals surface area contributed by atoms with Crippen LogP contribution < -0.4 is 5.32 Å². The van der Waals surface area contributed by atoms with Gasteiger partial charge in [-0.2, -0.15) is 22.8 Å². The highest BCUT2D eigenvalue weighted by atomic mass is 35.5. The molecular formula is C19H17ClF3N4O2S. The van der Waals surface area contributed by atoms with Gasteiger partial charge in [0.2, 0.25) is 0 Å². The minimum atomic E-state index is -4.39. The van der Waals surface area contributed by atoms with Gasteiger partial charge in [-0.3, -0.25) is 0 Å². The molecule has 1 radical (unpaired) electrons. The lowest BCUT2D eigenvalue weighted by Crippen LogP contribution is -2.35. The Morgan fingerprint density at radius 3 is 2.67 bits per heavy atom. The van der Waals surface area contributed by atoms with Gasteiger partial charge in [0.15, 0.2) is 11.5 Å². The van der Waals surface area contributed by atoms with E-state index >= 15 is 0 Å². The largest absolute Gasteiger partial charge is 0.446 e. The van der Waals surface area contributed by atoms with E-state index in [0.29, 0.717) is 29.1 Å². The maximum absolute atomic E-state index is 12.7. The minimum Gasteiger partial charge on any atom is -0.390 e. The zero-order chi connectivity index (χ0) is 21.6. The van der Waals surface area contributed by atoms with E-state index in [1.165, 1.54) is 28.9 Å². The van der Waals surface area contributed by atoms with Crippen molar-refractivity contribution in [3.63, 3.8) is 0 Å². The number of aliphatic hydroxyl groups excluding tert-OH is 2. The maximum atomic E-state index is 12.7. The van der Waals surface area contributed by atoms with Gasteiger partial charge in [-0.1, -0.05) is 23.7 Å². The zero-order valence-corrected chi connectivity index (χ0v) is 16.9. The van der Waals surface area contributed by atoms with Crippen LogP contribution in [0.4, 0.5) is 19.0 Å². The van der Waals surface area contributed by atoms with Crippen LogP contribution in [0.15, 0.2) is 41.4 Å². The Bertz CT molecular complexity index is 1080. The molecule has 0 spiro atoms. The van der Waals surface area contributed by atoms with Gasteiger partial charge in [0.25, 0.3) is 0 Å². The van der Waals surface area contributed by atoms with Crippen molar-refractivity contribution in [2.45, 2.75) is 35.1 Å². The second kappa shape index (κ2) is 7.92. The van der Waals surface area contributed by atoms with Crippen LogP contribution in [-0.4, -0.2) is 48.6 Å².